The van der Waals surface area contributed by atoms with Gasteiger partial charge in [0.2, 0.25) is 11.7 Å². The first-order chi connectivity index (χ1) is 12.7. The van der Waals surface area contributed by atoms with Crippen molar-refractivity contribution in [1.82, 2.24) is 19.7 Å². The van der Waals surface area contributed by atoms with Gasteiger partial charge in [0.25, 0.3) is 0 Å². The van der Waals surface area contributed by atoms with E-state index in [4.69, 9.17) is 4.52 Å². The van der Waals surface area contributed by atoms with Crippen LogP contribution in [0.4, 0.5) is 4.39 Å². The highest BCUT2D eigenvalue weighted by Crippen LogP contribution is 2.25. The Balaban J connectivity index is 1.49. The molecule has 0 fully saturated rings. The van der Waals surface area contributed by atoms with Crippen LogP contribution in [0.25, 0.3) is 17.1 Å². The van der Waals surface area contributed by atoms with Crippen molar-refractivity contribution < 1.29 is 8.91 Å². The van der Waals surface area contributed by atoms with Gasteiger partial charge in [0.15, 0.2) is 5.16 Å². The van der Waals surface area contributed by atoms with E-state index in [2.05, 4.69) is 15.1 Å². The highest BCUT2D eigenvalue weighted by atomic mass is 32.2. The molecule has 2 aromatic carbocycles. The van der Waals surface area contributed by atoms with Gasteiger partial charge in [-0.25, -0.2) is 9.37 Å². The Morgan fingerprint density at radius 2 is 2.00 bits per heavy atom. The molecule has 26 heavy (non-hydrogen) atoms. The third kappa shape index (κ3) is 3.52. The van der Waals surface area contributed by atoms with E-state index in [1.807, 2.05) is 41.8 Å². The number of nitrogens with zero attached hydrogens (tertiary/aromatic N) is 4. The molecule has 2 heterocycles. The van der Waals surface area contributed by atoms with Crippen molar-refractivity contribution in [2.45, 2.75) is 17.8 Å². The number of hydrogen-bond donors (Lipinski definition) is 0. The maximum Gasteiger partial charge on any atom is 0.237 e. The molecule has 0 amide bonds. The zero-order chi connectivity index (χ0) is 17.9. The summed E-state index contributed by atoms with van der Waals surface area (Å²) in [5.41, 5.74) is 2.81. The molecule has 0 aliphatic rings. The van der Waals surface area contributed by atoms with Crippen LogP contribution in [0.5, 0.6) is 0 Å². The summed E-state index contributed by atoms with van der Waals surface area (Å²) < 4.78 is 20.6. The average molecular weight is 366 g/mol. The van der Waals surface area contributed by atoms with Crippen molar-refractivity contribution in [2.24, 2.45) is 0 Å². The van der Waals surface area contributed by atoms with Crippen molar-refractivity contribution in [3.63, 3.8) is 0 Å². The average Bonchev–Trinajstić information content (AvgIpc) is 3.30. The maximum atomic E-state index is 13.5. The maximum absolute atomic E-state index is 13.5. The second kappa shape index (κ2) is 7.13. The number of hydrogen-bond acceptors (Lipinski definition) is 5. The third-order valence-corrected chi connectivity index (χ3v) is 4.75. The van der Waals surface area contributed by atoms with Crippen LogP contribution < -0.4 is 0 Å². The minimum absolute atomic E-state index is 0.285. The molecular formula is C19H15FN4OS. The number of benzene rings is 2. The SMILES string of the molecule is Cc1ccc(-c2noc(CSc3nccn3-c3cccc(F)c3)n2)cc1. The van der Waals surface area contributed by atoms with Gasteiger partial charge < -0.3 is 4.52 Å². The lowest BCUT2D eigenvalue weighted by Crippen LogP contribution is -1.96. The molecule has 0 radical (unpaired) electrons. The summed E-state index contributed by atoms with van der Waals surface area (Å²) in [4.78, 5) is 8.76. The first-order valence-electron chi connectivity index (χ1n) is 8.01. The highest BCUT2D eigenvalue weighted by molar-refractivity contribution is 7.98. The van der Waals surface area contributed by atoms with Crippen LogP contribution in [-0.4, -0.2) is 19.7 Å². The van der Waals surface area contributed by atoms with Gasteiger partial charge in [0.05, 0.1) is 11.4 Å². The molecule has 0 spiro atoms. The summed E-state index contributed by atoms with van der Waals surface area (Å²) in [5.74, 6) is 1.27. The quantitative estimate of drug-likeness (QED) is 0.481. The Hall–Kier alpha value is -2.93. The van der Waals surface area contributed by atoms with Crippen LogP contribution in [0.1, 0.15) is 11.5 Å². The number of thioether (sulfide) groups is 1. The molecule has 0 N–H and O–H groups in total. The lowest BCUT2D eigenvalue weighted by atomic mass is 10.1. The van der Waals surface area contributed by atoms with Crippen LogP contribution in [-0.2, 0) is 5.75 Å². The topological polar surface area (TPSA) is 56.7 Å². The zero-order valence-electron chi connectivity index (χ0n) is 14.0. The standard InChI is InChI=1S/C19H15FN4OS/c1-13-5-7-14(8-6-13)18-22-17(25-23-18)12-26-19-21-9-10-24(19)16-4-2-3-15(20)11-16/h2-11H,12H2,1H3. The van der Waals surface area contributed by atoms with Gasteiger partial charge in [-0.15, -0.1) is 0 Å². The second-order valence-corrected chi connectivity index (χ2v) is 6.67. The van der Waals surface area contributed by atoms with Gasteiger partial charge in [0, 0.05) is 18.0 Å². The summed E-state index contributed by atoms with van der Waals surface area (Å²) in [7, 11) is 0. The van der Waals surface area contributed by atoms with E-state index >= 15 is 0 Å². The molecule has 0 atom stereocenters. The zero-order valence-corrected chi connectivity index (χ0v) is 14.8. The largest absolute Gasteiger partial charge is 0.338 e. The van der Waals surface area contributed by atoms with E-state index in [1.165, 1.54) is 29.5 Å². The molecule has 5 nitrogen and oxygen atoms in total. The minimum Gasteiger partial charge on any atom is -0.338 e. The predicted molar refractivity (Wildman–Crippen MR) is 97.6 cm³/mol. The number of rotatable bonds is 5. The van der Waals surface area contributed by atoms with Crippen molar-refractivity contribution in [1.29, 1.82) is 0 Å². The fourth-order valence-corrected chi connectivity index (χ4v) is 3.29. The van der Waals surface area contributed by atoms with Gasteiger partial charge in [0.1, 0.15) is 5.82 Å². The lowest BCUT2D eigenvalue weighted by molar-refractivity contribution is 0.391. The van der Waals surface area contributed by atoms with Crippen molar-refractivity contribution >= 4 is 11.8 Å². The second-order valence-electron chi connectivity index (χ2n) is 5.73. The van der Waals surface area contributed by atoms with Gasteiger partial charge >= 0.3 is 0 Å². The molecule has 130 valence electrons. The summed E-state index contributed by atoms with van der Waals surface area (Å²) in [6, 6.07) is 14.3. The first kappa shape index (κ1) is 16.5. The normalized spacial score (nSPS) is 11.0. The number of aryl methyl sites for hydroxylation is 1. The molecule has 0 aliphatic heterocycles. The van der Waals surface area contributed by atoms with Crippen molar-refractivity contribution in [3.05, 3.63) is 78.2 Å². The predicted octanol–water partition coefficient (Wildman–Crippen LogP) is 4.66. The monoisotopic (exact) mass is 366 g/mol. The van der Waals surface area contributed by atoms with Crippen LogP contribution in [0.15, 0.2) is 70.6 Å². The fraction of sp³-hybridized carbons (Fsp3) is 0.105. The van der Waals surface area contributed by atoms with Gasteiger partial charge in [-0.2, -0.15) is 4.98 Å². The fourth-order valence-electron chi connectivity index (χ4n) is 2.48. The minimum atomic E-state index is -0.285. The van der Waals surface area contributed by atoms with E-state index in [0.717, 1.165) is 16.4 Å². The van der Waals surface area contributed by atoms with Crippen molar-refractivity contribution in [2.75, 3.05) is 0 Å². The highest BCUT2D eigenvalue weighted by Gasteiger charge is 2.12. The summed E-state index contributed by atoms with van der Waals surface area (Å²) in [6.07, 6.45) is 3.47. The van der Waals surface area contributed by atoms with Gasteiger partial charge in [-0.05, 0) is 25.1 Å². The molecule has 0 aliphatic carbocycles. The van der Waals surface area contributed by atoms with E-state index < -0.39 is 0 Å². The third-order valence-electron chi connectivity index (χ3n) is 3.80. The molecule has 4 aromatic rings. The van der Waals surface area contributed by atoms with Crippen molar-refractivity contribution in [3.8, 4) is 17.1 Å². The lowest BCUT2D eigenvalue weighted by Gasteiger charge is -2.06. The Bertz CT molecular complexity index is 1030. The Morgan fingerprint density at radius 1 is 1.15 bits per heavy atom. The molecule has 0 saturated heterocycles. The molecule has 2 aromatic heterocycles. The smallest absolute Gasteiger partial charge is 0.237 e. The first-order valence-corrected chi connectivity index (χ1v) is 8.99. The Kier molecular flexibility index (Phi) is 4.53. The van der Waals surface area contributed by atoms with Gasteiger partial charge in [-0.3, -0.25) is 4.57 Å². The van der Waals surface area contributed by atoms with E-state index in [1.54, 1.807) is 18.5 Å². The van der Waals surface area contributed by atoms with E-state index in [-0.39, 0.29) is 5.82 Å². The number of aromatic nitrogens is 4. The van der Waals surface area contributed by atoms with Gasteiger partial charge in [-0.1, -0.05) is 52.8 Å². The Labute approximate surface area is 153 Å². The molecule has 0 saturated carbocycles. The molecular weight excluding hydrogens is 351 g/mol. The summed E-state index contributed by atoms with van der Waals surface area (Å²) in [5, 5.41) is 4.76. The van der Waals surface area contributed by atoms with Crippen LogP contribution in [0.2, 0.25) is 0 Å². The summed E-state index contributed by atoms with van der Waals surface area (Å²) >= 11 is 1.45. The molecule has 7 heteroatoms. The molecule has 0 unspecified atom stereocenters. The Morgan fingerprint density at radius 3 is 2.81 bits per heavy atom. The molecule has 0 bridgehead atoms. The van der Waals surface area contributed by atoms with E-state index in [0.29, 0.717) is 17.5 Å². The van der Waals surface area contributed by atoms with Crippen LogP contribution in [0, 0.1) is 12.7 Å². The van der Waals surface area contributed by atoms with Crippen LogP contribution in [0.3, 0.4) is 0 Å². The molecule has 4 rings (SSSR count). The summed E-state index contributed by atoms with van der Waals surface area (Å²) in [6.45, 7) is 2.03. The van der Waals surface area contributed by atoms with Crippen LogP contribution >= 0.6 is 11.8 Å². The number of imidazole rings is 1. The van der Waals surface area contributed by atoms with E-state index in [9.17, 15) is 4.39 Å². The number of halogens is 1.